The van der Waals surface area contributed by atoms with Crippen molar-refractivity contribution >= 4 is 16.6 Å². The fourth-order valence-corrected chi connectivity index (χ4v) is 1.87. The van der Waals surface area contributed by atoms with Crippen LogP contribution in [-0.2, 0) is 10.8 Å². The van der Waals surface area contributed by atoms with Crippen LogP contribution in [0.25, 0.3) is 0 Å². The molecule has 15 heavy (non-hydrogen) atoms. The molecule has 0 spiro atoms. The van der Waals surface area contributed by atoms with E-state index in [-0.39, 0.29) is 18.3 Å². The molecular formula is C10H10O4S. The Bertz CT molecular complexity index is 427. The third-order valence-electron chi connectivity index (χ3n) is 2.03. The lowest BCUT2D eigenvalue weighted by Gasteiger charge is -2.00. The molecule has 1 unspecified atom stereocenters. The summed E-state index contributed by atoms with van der Waals surface area (Å²) in [6.07, 6.45) is 1.50. The number of ether oxygens (including phenoxy) is 2. The number of rotatable bonds is 3. The van der Waals surface area contributed by atoms with Crippen LogP contribution >= 0.6 is 0 Å². The maximum Gasteiger partial charge on any atom is 0.231 e. The maximum atomic E-state index is 11.6. The monoisotopic (exact) mass is 226 g/mol. The topological polar surface area (TPSA) is 52.6 Å². The molecule has 0 saturated carbocycles. The van der Waals surface area contributed by atoms with E-state index in [1.165, 1.54) is 6.26 Å². The summed E-state index contributed by atoms with van der Waals surface area (Å²) < 4.78 is 21.2. The van der Waals surface area contributed by atoms with Crippen LogP contribution in [0.5, 0.6) is 11.5 Å². The number of carbonyl (C=O) groups is 1. The fraction of sp³-hybridized carbons (Fsp3) is 0.300. The van der Waals surface area contributed by atoms with Gasteiger partial charge in [0.25, 0.3) is 0 Å². The fourth-order valence-electron chi connectivity index (χ4n) is 1.34. The lowest BCUT2D eigenvalue weighted by molar-refractivity contribution is 0.102. The minimum absolute atomic E-state index is 0.0413. The Morgan fingerprint density at radius 2 is 2.13 bits per heavy atom. The Labute approximate surface area is 89.6 Å². The predicted octanol–water partition coefficient (Wildman–Crippen LogP) is 0.977. The second-order valence-corrected chi connectivity index (χ2v) is 4.64. The predicted molar refractivity (Wildman–Crippen MR) is 55.8 cm³/mol. The van der Waals surface area contributed by atoms with Crippen LogP contribution in [0.4, 0.5) is 0 Å². The Hall–Kier alpha value is -1.36. The van der Waals surface area contributed by atoms with Gasteiger partial charge in [0.1, 0.15) is 0 Å². The van der Waals surface area contributed by atoms with Gasteiger partial charge >= 0.3 is 0 Å². The number of hydrogen-bond donors (Lipinski definition) is 0. The van der Waals surface area contributed by atoms with Gasteiger partial charge in [-0.15, -0.1) is 0 Å². The molecule has 0 saturated heterocycles. The second-order valence-electron chi connectivity index (χ2n) is 3.21. The Kier molecular flexibility index (Phi) is 2.73. The van der Waals surface area contributed by atoms with Gasteiger partial charge in [0.15, 0.2) is 17.3 Å². The quantitative estimate of drug-likeness (QED) is 0.721. The molecule has 0 aromatic heterocycles. The van der Waals surface area contributed by atoms with Gasteiger partial charge in [0.05, 0.1) is 5.75 Å². The lowest BCUT2D eigenvalue weighted by atomic mass is 10.1. The third-order valence-corrected chi connectivity index (χ3v) is 2.70. The minimum atomic E-state index is -1.12. The van der Waals surface area contributed by atoms with E-state index in [0.717, 1.165) is 0 Å². The first kappa shape index (κ1) is 10.2. The van der Waals surface area contributed by atoms with Gasteiger partial charge in [0, 0.05) is 22.6 Å². The molecule has 1 aliphatic rings. The van der Waals surface area contributed by atoms with Crippen LogP contribution in [0.3, 0.4) is 0 Å². The van der Waals surface area contributed by atoms with E-state index >= 15 is 0 Å². The van der Waals surface area contributed by atoms with Crippen molar-refractivity contribution in [3.8, 4) is 11.5 Å². The third kappa shape index (κ3) is 2.18. The standard InChI is InChI=1S/C10H10O4S/c1-15(12)5-8(11)7-2-3-9-10(4-7)14-6-13-9/h2-4H,5-6H2,1H3. The van der Waals surface area contributed by atoms with Crippen molar-refractivity contribution in [3.63, 3.8) is 0 Å². The van der Waals surface area contributed by atoms with Crippen LogP contribution in [0.1, 0.15) is 10.4 Å². The number of hydrogen-bond acceptors (Lipinski definition) is 4. The summed E-state index contributed by atoms with van der Waals surface area (Å²) in [6.45, 7) is 0.187. The summed E-state index contributed by atoms with van der Waals surface area (Å²) in [5.41, 5.74) is 0.509. The highest BCUT2D eigenvalue weighted by molar-refractivity contribution is 7.85. The molecule has 1 aromatic rings. The van der Waals surface area contributed by atoms with Gasteiger partial charge in [-0.3, -0.25) is 9.00 Å². The largest absolute Gasteiger partial charge is 0.454 e. The molecule has 2 rings (SSSR count). The smallest absolute Gasteiger partial charge is 0.231 e. The zero-order valence-corrected chi connectivity index (χ0v) is 9.00. The molecule has 1 aliphatic heterocycles. The molecule has 0 aliphatic carbocycles. The van der Waals surface area contributed by atoms with Gasteiger partial charge in [-0.2, -0.15) is 0 Å². The summed E-state index contributed by atoms with van der Waals surface area (Å²) in [7, 11) is -1.12. The highest BCUT2D eigenvalue weighted by Crippen LogP contribution is 2.32. The van der Waals surface area contributed by atoms with Gasteiger partial charge in [0.2, 0.25) is 6.79 Å². The van der Waals surface area contributed by atoms with E-state index in [1.54, 1.807) is 18.2 Å². The molecule has 0 N–H and O–H groups in total. The summed E-state index contributed by atoms with van der Waals surface area (Å²) in [4.78, 5) is 11.6. The highest BCUT2D eigenvalue weighted by atomic mass is 32.2. The lowest BCUT2D eigenvalue weighted by Crippen LogP contribution is -2.09. The molecule has 5 heteroatoms. The molecule has 1 atom stereocenters. The van der Waals surface area contributed by atoms with Gasteiger partial charge in [-0.25, -0.2) is 0 Å². The van der Waals surface area contributed by atoms with E-state index in [4.69, 9.17) is 9.47 Å². The van der Waals surface area contributed by atoms with Crippen molar-refractivity contribution in [3.05, 3.63) is 23.8 Å². The Morgan fingerprint density at radius 3 is 2.87 bits per heavy atom. The van der Waals surface area contributed by atoms with Gasteiger partial charge in [-0.1, -0.05) is 0 Å². The Balaban J connectivity index is 2.23. The molecular weight excluding hydrogens is 216 g/mol. The maximum absolute atomic E-state index is 11.6. The first-order valence-corrected chi connectivity index (χ1v) is 6.12. The number of fused-ring (bicyclic) bond motifs is 1. The van der Waals surface area contributed by atoms with Gasteiger partial charge in [-0.05, 0) is 18.2 Å². The number of ketones is 1. The zero-order valence-electron chi connectivity index (χ0n) is 8.19. The minimum Gasteiger partial charge on any atom is -0.454 e. The highest BCUT2D eigenvalue weighted by Gasteiger charge is 2.16. The Morgan fingerprint density at radius 1 is 1.40 bits per heavy atom. The van der Waals surface area contributed by atoms with Crippen LogP contribution in [0.2, 0.25) is 0 Å². The normalized spacial score (nSPS) is 15.0. The van der Waals surface area contributed by atoms with Crippen molar-refractivity contribution in [2.24, 2.45) is 0 Å². The summed E-state index contributed by atoms with van der Waals surface area (Å²) in [5.74, 6) is 1.11. The molecule has 80 valence electrons. The van der Waals surface area contributed by atoms with E-state index < -0.39 is 10.8 Å². The number of Topliss-reactive ketones (excluding diaryl/α,β-unsaturated/α-hetero) is 1. The van der Waals surface area contributed by atoms with Gasteiger partial charge < -0.3 is 9.47 Å². The van der Waals surface area contributed by atoms with Crippen molar-refractivity contribution < 1.29 is 18.5 Å². The average molecular weight is 226 g/mol. The van der Waals surface area contributed by atoms with Crippen molar-refractivity contribution in [2.45, 2.75) is 0 Å². The summed E-state index contributed by atoms with van der Waals surface area (Å²) in [6, 6.07) is 4.97. The summed E-state index contributed by atoms with van der Waals surface area (Å²) >= 11 is 0. The molecule has 1 heterocycles. The second kappa shape index (κ2) is 4.02. The van der Waals surface area contributed by atoms with E-state index in [9.17, 15) is 9.00 Å². The molecule has 0 fully saturated rings. The molecule has 1 aromatic carbocycles. The summed E-state index contributed by atoms with van der Waals surface area (Å²) in [5, 5.41) is 0. The number of carbonyl (C=O) groups excluding carboxylic acids is 1. The molecule has 4 nitrogen and oxygen atoms in total. The van der Waals surface area contributed by atoms with Crippen LogP contribution in [-0.4, -0.2) is 28.8 Å². The van der Waals surface area contributed by atoms with Crippen molar-refractivity contribution in [1.82, 2.24) is 0 Å². The first-order chi connectivity index (χ1) is 7.16. The SMILES string of the molecule is CS(=O)CC(=O)c1ccc2c(c1)OCO2. The first-order valence-electron chi connectivity index (χ1n) is 4.39. The van der Waals surface area contributed by atoms with E-state index in [0.29, 0.717) is 17.1 Å². The zero-order chi connectivity index (χ0) is 10.8. The van der Waals surface area contributed by atoms with E-state index in [2.05, 4.69) is 0 Å². The van der Waals surface area contributed by atoms with E-state index in [1.807, 2.05) is 0 Å². The molecule has 0 amide bonds. The number of benzene rings is 1. The van der Waals surface area contributed by atoms with Crippen LogP contribution in [0, 0.1) is 0 Å². The van der Waals surface area contributed by atoms with Crippen LogP contribution < -0.4 is 9.47 Å². The molecule has 0 bridgehead atoms. The van der Waals surface area contributed by atoms with Crippen molar-refractivity contribution in [2.75, 3.05) is 18.8 Å². The van der Waals surface area contributed by atoms with Crippen molar-refractivity contribution in [1.29, 1.82) is 0 Å². The average Bonchev–Trinajstić information content (AvgIpc) is 2.62. The molecule has 0 radical (unpaired) electrons. The van der Waals surface area contributed by atoms with Crippen LogP contribution in [0.15, 0.2) is 18.2 Å².